The van der Waals surface area contributed by atoms with Gasteiger partial charge >= 0.3 is 5.97 Å². The van der Waals surface area contributed by atoms with E-state index in [0.717, 1.165) is 23.6 Å². The van der Waals surface area contributed by atoms with Crippen LogP contribution >= 0.6 is 0 Å². The van der Waals surface area contributed by atoms with Crippen molar-refractivity contribution in [2.24, 2.45) is 0 Å². The van der Waals surface area contributed by atoms with Gasteiger partial charge in [0.2, 0.25) is 0 Å². The molecule has 0 aliphatic carbocycles. The van der Waals surface area contributed by atoms with Gasteiger partial charge in [0.1, 0.15) is 5.75 Å². The number of hydrogen-bond donors (Lipinski definition) is 0. The van der Waals surface area contributed by atoms with Gasteiger partial charge < -0.3 is 9.47 Å². The number of esters is 1. The minimum absolute atomic E-state index is 0.398. The van der Waals surface area contributed by atoms with Crippen LogP contribution in [0.25, 0.3) is 10.8 Å². The van der Waals surface area contributed by atoms with Crippen molar-refractivity contribution in [3.05, 3.63) is 42.0 Å². The third-order valence-corrected chi connectivity index (χ3v) is 4.17. The van der Waals surface area contributed by atoms with Crippen LogP contribution in [0, 0.1) is 0 Å². The Bertz CT molecular complexity index is 718. The minimum atomic E-state index is -3.04. The monoisotopic (exact) mass is 350 g/mol. The zero-order valence-electron chi connectivity index (χ0n) is 14.9. The fourth-order valence-corrected chi connectivity index (χ4v) is 2.90. The van der Waals surface area contributed by atoms with Gasteiger partial charge in [0.25, 0.3) is 5.92 Å². The Morgan fingerprint density at radius 1 is 1.08 bits per heavy atom. The van der Waals surface area contributed by atoms with Crippen LogP contribution in [0.1, 0.15) is 45.1 Å². The van der Waals surface area contributed by atoms with Crippen LogP contribution in [0.4, 0.5) is 8.78 Å². The van der Waals surface area contributed by atoms with Crippen molar-refractivity contribution in [2.45, 2.75) is 45.5 Å². The third kappa shape index (κ3) is 5.15. The first-order valence-electron chi connectivity index (χ1n) is 8.53. The number of rotatable bonds is 8. The van der Waals surface area contributed by atoms with Crippen LogP contribution in [-0.4, -0.2) is 25.1 Å². The van der Waals surface area contributed by atoms with E-state index >= 15 is 0 Å². The summed E-state index contributed by atoms with van der Waals surface area (Å²) in [6, 6.07) is 11.7. The Morgan fingerprint density at radius 3 is 2.36 bits per heavy atom. The molecule has 0 saturated heterocycles. The van der Waals surface area contributed by atoms with Crippen molar-refractivity contribution in [3.8, 4) is 5.75 Å². The zero-order chi connectivity index (χ0) is 18.4. The van der Waals surface area contributed by atoms with Crippen molar-refractivity contribution < 1.29 is 23.0 Å². The van der Waals surface area contributed by atoms with Gasteiger partial charge in [0.15, 0.2) is 13.2 Å². The summed E-state index contributed by atoms with van der Waals surface area (Å²) in [7, 11) is 0. The van der Waals surface area contributed by atoms with E-state index in [1.165, 1.54) is 5.56 Å². The summed E-state index contributed by atoms with van der Waals surface area (Å²) in [5.74, 6) is -2.85. The first-order valence-corrected chi connectivity index (χ1v) is 8.53. The van der Waals surface area contributed by atoms with Crippen LogP contribution < -0.4 is 4.74 Å². The molecule has 3 nitrogen and oxygen atoms in total. The number of halogens is 2. The van der Waals surface area contributed by atoms with Crippen LogP contribution in [0.5, 0.6) is 5.75 Å². The van der Waals surface area contributed by atoms with Crippen molar-refractivity contribution >= 4 is 16.7 Å². The van der Waals surface area contributed by atoms with Gasteiger partial charge in [-0.2, -0.15) is 0 Å². The number of carbonyl (C=O) groups is 1. The Labute approximate surface area is 146 Å². The van der Waals surface area contributed by atoms with Crippen LogP contribution in [0.15, 0.2) is 36.4 Å². The predicted molar refractivity (Wildman–Crippen MR) is 94.3 cm³/mol. The maximum Gasteiger partial charge on any atom is 0.344 e. The lowest BCUT2D eigenvalue weighted by atomic mass is 9.89. The summed E-state index contributed by atoms with van der Waals surface area (Å²) in [5.41, 5.74) is 1.25. The summed E-state index contributed by atoms with van der Waals surface area (Å²) in [6.45, 7) is 3.68. The molecular weight excluding hydrogens is 326 g/mol. The lowest BCUT2D eigenvalue weighted by Gasteiger charge is -2.17. The van der Waals surface area contributed by atoms with Gasteiger partial charge in [-0.3, -0.25) is 0 Å². The Kier molecular flexibility index (Phi) is 6.34. The highest BCUT2D eigenvalue weighted by Gasteiger charge is 2.23. The molecule has 0 spiro atoms. The Hall–Kier alpha value is -2.17. The van der Waals surface area contributed by atoms with Crippen molar-refractivity contribution in [1.82, 2.24) is 0 Å². The molecule has 2 aromatic rings. The Balaban J connectivity index is 2.17. The molecule has 0 aliphatic heterocycles. The maximum atomic E-state index is 12.7. The van der Waals surface area contributed by atoms with Gasteiger partial charge in [-0.1, -0.05) is 44.2 Å². The third-order valence-electron chi connectivity index (χ3n) is 4.17. The fraction of sp³-hybridized carbons (Fsp3) is 0.450. The van der Waals surface area contributed by atoms with Gasteiger partial charge in [0.05, 0.1) is 0 Å². The molecule has 0 amide bonds. The van der Waals surface area contributed by atoms with Crippen molar-refractivity contribution in [3.63, 3.8) is 0 Å². The van der Waals surface area contributed by atoms with E-state index < -0.39 is 25.1 Å². The van der Waals surface area contributed by atoms with E-state index in [1.54, 1.807) is 6.07 Å². The summed E-state index contributed by atoms with van der Waals surface area (Å²) >= 11 is 0. The number of carbonyl (C=O) groups excluding carboxylic acids is 1. The molecule has 0 radical (unpaired) electrons. The van der Waals surface area contributed by atoms with Gasteiger partial charge in [0, 0.05) is 12.3 Å². The fourth-order valence-electron chi connectivity index (χ4n) is 2.90. The number of alkyl halides is 2. The van der Waals surface area contributed by atoms with E-state index in [-0.39, 0.29) is 0 Å². The van der Waals surface area contributed by atoms with E-state index in [0.29, 0.717) is 18.6 Å². The second-order valence-corrected chi connectivity index (χ2v) is 6.23. The zero-order valence-corrected chi connectivity index (χ0v) is 14.9. The maximum absolute atomic E-state index is 12.7. The highest BCUT2D eigenvalue weighted by molar-refractivity contribution is 5.91. The minimum Gasteiger partial charge on any atom is -0.481 e. The van der Waals surface area contributed by atoms with Crippen LogP contribution in [-0.2, 0) is 9.53 Å². The van der Waals surface area contributed by atoms with Gasteiger partial charge in [-0.05, 0) is 35.8 Å². The molecule has 0 fully saturated rings. The topological polar surface area (TPSA) is 35.5 Å². The molecule has 0 N–H and O–H groups in total. The average Bonchev–Trinajstić information content (AvgIpc) is 2.58. The quantitative estimate of drug-likeness (QED) is 0.604. The first kappa shape index (κ1) is 19.2. The molecule has 0 aromatic heterocycles. The normalized spacial score (nSPS) is 11.8. The second kappa shape index (κ2) is 8.28. The van der Waals surface area contributed by atoms with Gasteiger partial charge in [-0.25, -0.2) is 13.6 Å². The summed E-state index contributed by atoms with van der Waals surface area (Å²) in [5, 5.41) is 1.99. The molecule has 136 valence electrons. The van der Waals surface area contributed by atoms with Crippen LogP contribution in [0.3, 0.4) is 0 Å². The summed E-state index contributed by atoms with van der Waals surface area (Å²) in [4.78, 5) is 11.6. The smallest absolute Gasteiger partial charge is 0.344 e. The molecule has 0 atom stereocenters. The molecule has 0 heterocycles. The van der Waals surface area contributed by atoms with E-state index in [1.807, 2.05) is 24.3 Å². The molecule has 25 heavy (non-hydrogen) atoms. The molecule has 0 aliphatic rings. The molecule has 0 bridgehead atoms. The molecule has 0 unspecified atom stereocenters. The number of ether oxygens (including phenoxy) is 2. The van der Waals surface area contributed by atoms with Crippen LogP contribution in [0.2, 0.25) is 0 Å². The molecular formula is C20H24F2O3. The van der Waals surface area contributed by atoms with Crippen molar-refractivity contribution in [1.29, 1.82) is 0 Å². The summed E-state index contributed by atoms with van der Waals surface area (Å²) in [6.07, 6.45) is 2.08. The second-order valence-electron chi connectivity index (χ2n) is 6.23. The van der Waals surface area contributed by atoms with Crippen molar-refractivity contribution in [2.75, 3.05) is 13.2 Å². The van der Waals surface area contributed by atoms with E-state index in [4.69, 9.17) is 4.74 Å². The molecule has 0 saturated carbocycles. The molecule has 2 aromatic carbocycles. The Morgan fingerprint density at radius 2 is 1.72 bits per heavy atom. The average molecular weight is 350 g/mol. The molecule has 5 heteroatoms. The number of benzene rings is 2. The number of fused-ring (bicyclic) bond motifs is 1. The highest BCUT2D eigenvalue weighted by Crippen LogP contribution is 2.34. The lowest BCUT2D eigenvalue weighted by Crippen LogP contribution is -2.24. The summed E-state index contributed by atoms with van der Waals surface area (Å²) < 4.78 is 35.5. The van der Waals surface area contributed by atoms with E-state index in [2.05, 4.69) is 24.7 Å². The van der Waals surface area contributed by atoms with E-state index in [9.17, 15) is 13.6 Å². The van der Waals surface area contributed by atoms with Gasteiger partial charge in [-0.15, -0.1) is 0 Å². The highest BCUT2D eigenvalue weighted by atomic mass is 19.3. The first-order chi connectivity index (χ1) is 11.9. The largest absolute Gasteiger partial charge is 0.481 e. The lowest BCUT2D eigenvalue weighted by molar-refractivity contribution is -0.155. The number of hydrogen-bond acceptors (Lipinski definition) is 3. The molecule has 2 rings (SSSR count). The predicted octanol–water partition coefficient (Wildman–Crippen LogP) is 5.32. The SMILES string of the molecule is CCC(CC)c1cccc2c(OCC(=O)OCC(C)(F)F)cccc12. The standard InChI is InChI=1S/C20H24F2O3/c1-4-14(5-2)15-8-6-10-17-16(15)9-7-11-18(17)24-12-19(23)25-13-20(3,21)22/h6-11,14H,4-5,12-13H2,1-3H3.